The lowest BCUT2D eigenvalue weighted by Gasteiger charge is -2.29. The van der Waals surface area contributed by atoms with Gasteiger partial charge in [0, 0.05) is 32.2 Å². The van der Waals surface area contributed by atoms with Crippen LogP contribution in [0.2, 0.25) is 0 Å². The Bertz CT molecular complexity index is 1030. The van der Waals surface area contributed by atoms with Gasteiger partial charge in [0.2, 0.25) is 10.0 Å². The molecule has 0 unspecified atom stereocenters. The number of benzene rings is 2. The molecule has 0 saturated carbocycles. The van der Waals surface area contributed by atoms with Crippen molar-refractivity contribution in [3.05, 3.63) is 65.2 Å². The summed E-state index contributed by atoms with van der Waals surface area (Å²) in [5.41, 5.74) is -0.588. The predicted molar refractivity (Wildman–Crippen MR) is 111 cm³/mol. The maximum absolute atomic E-state index is 13.2. The number of hydrogen-bond donors (Lipinski definition) is 0. The summed E-state index contributed by atoms with van der Waals surface area (Å²) in [7, 11) is -2.22. The first kappa shape index (κ1) is 23.3. The average molecular weight is 455 g/mol. The number of hydrogen-bond acceptors (Lipinski definition) is 3. The van der Waals surface area contributed by atoms with Crippen molar-refractivity contribution in [3.63, 3.8) is 0 Å². The maximum Gasteiger partial charge on any atom is 0.416 e. The van der Waals surface area contributed by atoms with E-state index < -0.39 is 27.7 Å². The van der Waals surface area contributed by atoms with E-state index in [2.05, 4.69) is 6.92 Å². The molecular weight excluding hydrogens is 429 g/mol. The minimum Gasteiger partial charge on any atom is -0.337 e. The molecule has 1 aliphatic rings. The van der Waals surface area contributed by atoms with Crippen molar-refractivity contribution in [2.45, 2.75) is 37.4 Å². The molecule has 1 fully saturated rings. The molecule has 1 amide bonds. The molecule has 9 heteroatoms. The molecule has 0 aliphatic carbocycles. The minimum absolute atomic E-state index is 0.00984. The first-order chi connectivity index (χ1) is 14.5. The van der Waals surface area contributed by atoms with Gasteiger partial charge in [0.1, 0.15) is 0 Å². The van der Waals surface area contributed by atoms with Gasteiger partial charge in [-0.2, -0.15) is 17.5 Å². The third-order valence-corrected chi connectivity index (χ3v) is 7.47. The Kier molecular flexibility index (Phi) is 6.76. The van der Waals surface area contributed by atoms with E-state index in [1.165, 1.54) is 58.7 Å². The lowest BCUT2D eigenvalue weighted by Crippen LogP contribution is -2.37. The molecule has 31 heavy (non-hydrogen) atoms. The zero-order valence-electron chi connectivity index (χ0n) is 17.4. The fourth-order valence-corrected chi connectivity index (χ4v) is 5.10. The number of halogens is 3. The summed E-state index contributed by atoms with van der Waals surface area (Å²) in [5.74, 6) is -0.00261. The quantitative estimate of drug-likeness (QED) is 0.673. The van der Waals surface area contributed by atoms with Crippen LogP contribution in [-0.4, -0.2) is 43.7 Å². The smallest absolute Gasteiger partial charge is 0.337 e. The molecule has 2 aromatic carbocycles. The third kappa shape index (κ3) is 5.27. The van der Waals surface area contributed by atoms with Crippen molar-refractivity contribution >= 4 is 15.9 Å². The lowest BCUT2D eigenvalue weighted by atomic mass is 10.0. The Morgan fingerprint density at radius 2 is 1.65 bits per heavy atom. The Morgan fingerprint density at radius 3 is 2.23 bits per heavy atom. The average Bonchev–Trinajstić information content (AvgIpc) is 2.73. The fourth-order valence-electron chi connectivity index (χ4n) is 3.63. The molecule has 1 aliphatic heterocycles. The molecule has 3 rings (SSSR count). The number of rotatable bonds is 5. The van der Waals surface area contributed by atoms with Crippen molar-refractivity contribution in [1.82, 2.24) is 9.21 Å². The SMILES string of the molecule is CC1CCN(S(=O)(=O)c2ccc(C(=O)N(C)Cc3ccccc3C(F)(F)F)cc2)CC1. The van der Waals surface area contributed by atoms with Gasteiger partial charge in [-0.1, -0.05) is 25.1 Å². The van der Waals surface area contributed by atoms with Gasteiger partial charge in [-0.05, 0) is 54.7 Å². The number of carbonyl (C=O) groups excluding carboxylic acids is 1. The van der Waals surface area contributed by atoms with E-state index >= 15 is 0 Å². The first-order valence-electron chi connectivity index (χ1n) is 10.0. The second kappa shape index (κ2) is 9.00. The second-order valence-electron chi connectivity index (χ2n) is 7.93. The molecule has 1 saturated heterocycles. The summed E-state index contributed by atoms with van der Waals surface area (Å²) in [5, 5.41) is 0. The highest BCUT2D eigenvalue weighted by molar-refractivity contribution is 7.89. The zero-order chi connectivity index (χ0) is 22.8. The van der Waals surface area contributed by atoms with Crippen molar-refractivity contribution in [1.29, 1.82) is 0 Å². The summed E-state index contributed by atoms with van der Waals surface area (Å²) >= 11 is 0. The standard InChI is InChI=1S/C22H25F3N2O3S/c1-16-11-13-27(14-12-16)31(29,30)19-9-7-17(8-10-19)21(28)26(2)15-18-5-3-4-6-20(18)22(23,24)25/h3-10,16H,11-15H2,1-2H3. The molecule has 0 spiro atoms. The highest BCUT2D eigenvalue weighted by Gasteiger charge is 2.33. The van der Waals surface area contributed by atoms with Crippen molar-refractivity contribution in [2.24, 2.45) is 5.92 Å². The normalized spacial score (nSPS) is 16.3. The molecule has 2 aromatic rings. The molecule has 0 aromatic heterocycles. The third-order valence-electron chi connectivity index (χ3n) is 5.56. The molecule has 5 nitrogen and oxygen atoms in total. The molecule has 0 bridgehead atoms. The van der Waals surface area contributed by atoms with Gasteiger partial charge in [0.25, 0.3) is 5.91 Å². The summed E-state index contributed by atoms with van der Waals surface area (Å²) in [4.78, 5) is 14.0. The minimum atomic E-state index is -4.51. The van der Waals surface area contributed by atoms with E-state index in [1.54, 1.807) is 0 Å². The van der Waals surface area contributed by atoms with Gasteiger partial charge in [0.15, 0.2) is 0 Å². The molecular formula is C22H25F3N2O3S. The topological polar surface area (TPSA) is 57.7 Å². The molecule has 1 heterocycles. The zero-order valence-corrected chi connectivity index (χ0v) is 18.2. The number of sulfonamides is 1. The number of nitrogens with zero attached hydrogens (tertiary/aromatic N) is 2. The highest BCUT2D eigenvalue weighted by atomic mass is 32.2. The fraction of sp³-hybridized carbons (Fsp3) is 0.409. The van der Waals surface area contributed by atoms with Crippen LogP contribution < -0.4 is 0 Å². The Labute approximate surface area is 180 Å². The lowest BCUT2D eigenvalue weighted by molar-refractivity contribution is -0.138. The molecule has 0 N–H and O–H groups in total. The van der Waals surface area contributed by atoms with Gasteiger partial charge >= 0.3 is 6.18 Å². The van der Waals surface area contributed by atoms with Crippen molar-refractivity contribution in [2.75, 3.05) is 20.1 Å². The van der Waals surface area contributed by atoms with E-state index in [0.717, 1.165) is 18.9 Å². The summed E-state index contributed by atoms with van der Waals surface area (Å²) in [6.45, 7) is 2.80. The number of alkyl halides is 3. The van der Waals surface area contributed by atoms with Crippen LogP contribution in [0.15, 0.2) is 53.4 Å². The van der Waals surface area contributed by atoms with Crippen LogP contribution in [0.5, 0.6) is 0 Å². The maximum atomic E-state index is 13.2. The van der Waals surface area contributed by atoms with Gasteiger partial charge in [-0.15, -0.1) is 0 Å². The van der Waals surface area contributed by atoms with Gasteiger partial charge in [-0.25, -0.2) is 8.42 Å². The summed E-state index contributed by atoms with van der Waals surface area (Å²) in [6.07, 6.45) is -2.90. The van der Waals surface area contributed by atoms with E-state index in [9.17, 15) is 26.4 Å². The van der Waals surface area contributed by atoms with Crippen molar-refractivity contribution < 1.29 is 26.4 Å². The van der Waals surface area contributed by atoms with Gasteiger partial charge < -0.3 is 4.90 Å². The van der Waals surface area contributed by atoms with E-state index in [0.29, 0.717) is 19.0 Å². The summed E-state index contributed by atoms with van der Waals surface area (Å²) in [6, 6.07) is 10.6. The van der Waals surface area contributed by atoms with E-state index in [-0.39, 0.29) is 22.6 Å². The largest absolute Gasteiger partial charge is 0.416 e. The van der Waals surface area contributed by atoms with Crippen LogP contribution in [0.4, 0.5) is 13.2 Å². The predicted octanol–water partition coefficient (Wildman–Crippen LogP) is 4.40. The monoisotopic (exact) mass is 454 g/mol. The second-order valence-corrected chi connectivity index (χ2v) is 9.87. The first-order valence-corrected chi connectivity index (χ1v) is 11.4. The Morgan fingerprint density at radius 1 is 1.06 bits per heavy atom. The van der Waals surface area contributed by atoms with Crippen LogP contribution in [0, 0.1) is 5.92 Å². The number of carbonyl (C=O) groups is 1. The van der Waals surface area contributed by atoms with Crippen LogP contribution in [0.1, 0.15) is 41.3 Å². The van der Waals surface area contributed by atoms with Crippen LogP contribution in [-0.2, 0) is 22.7 Å². The van der Waals surface area contributed by atoms with E-state index in [4.69, 9.17) is 0 Å². The van der Waals surface area contributed by atoms with Crippen LogP contribution in [0.25, 0.3) is 0 Å². The molecule has 0 radical (unpaired) electrons. The van der Waals surface area contributed by atoms with Gasteiger partial charge in [-0.3, -0.25) is 4.79 Å². The van der Waals surface area contributed by atoms with Crippen LogP contribution >= 0.6 is 0 Å². The highest BCUT2D eigenvalue weighted by Crippen LogP contribution is 2.32. The number of piperidine rings is 1. The van der Waals surface area contributed by atoms with E-state index in [1.807, 2.05) is 0 Å². The Hall–Kier alpha value is -2.39. The van der Waals surface area contributed by atoms with Crippen LogP contribution in [0.3, 0.4) is 0 Å². The van der Waals surface area contributed by atoms with Crippen molar-refractivity contribution in [3.8, 4) is 0 Å². The molecule has 0 atom stereocenters. The van der Waals surface area contributed by atoms with Gasteiger partial charge in [0.05, 0.1) is 10.5 Å². The molecule has 168 valence electrons. The number of amides is 1. The Balaban J connectivity index is 1.73. The summed E-state index contributed by atoms with van der Waals surface area (Å²) < 4.78 is 66.6.